The number of nitrogens with two attached hydrogens (primary N) is 1. The Labute approximate surface area is 114 Å². The van der Waals surface area contributed by atoms with E-state index < -0.39 is 0 Å². The fourth-order valence-electron chi connectivity index (χ4n) is 1.49. The lowest BCUT2D eigenvalue weighted by molar-refractivity contribution is -0.123. The fourth-order valence-corrected chi connectivity index (χ4v) is 1.49. The summed E-state index contributed by atoms with van der Waals surface area (Å²) in [4.78, 5) is 11.4. The van der Waals surface area contributed by atoms with Gasteiger partial charge in [0.2, 0.25) is 0 Å². The molecule has 1 rings (SSSR count). The molecule has 0 aromatic heterocycles. The molecule has 0 saturated heterocycles. The van der Waals surface area contributed by atoms with Gasteiger partial charge in [-0.2, -0.15) is 0 Å². The van der Waals surface area contributed by atoms with Crippen LogP contribution in [0.15, 0.2) is 18.2 Å². The van der Waals surface area contributed by atoms with Crippen LogP contribution in [0.5, 0.6) is 5.75 Å². The van der Waals surface area contributed by atoms with Crippen LogP contribution in [0, 0.1) is 13.8 Å². The number of hydrogen-bond donors (Lipinski definition) is 2. The molecule has 0 aliphatic carbocycles. The van der Waals surface area contributed by atoms with Crippen LogP contribution in [0.1, 0.15) is 17.5 Å². The fraction of sp³-hybridized carbons (Fsp3) is 0.462. The van der Waals surface area contributed by atoms with Crippen LogP contribution in [0.2, 0.25) is 0 Å². The van der Waals surface area contributed by atoms with Crippen molar-refractivity contribution >= 4 is 18.3 Å². The zero-order chi connectivity index (χ0) is 12.7. The third-order valence-electron chi connectivity index (χ3n) is 2.39. The van der Waals surface area contributed by atoms with Crippen LogP contribution in [-0.4, -0.2) is 25.6 Å². The Morgan fingerprint density at radius 2 is 2.11 bits per heavy atom. The van der Waals surface area contributed by atoms with Crippen molar-refractivity contribution < 1.29 is 9.53 Å². The Bertz CT molecular complexity index is 383. The van der Waals surface area contributed by atoms with E-state index in [0.717, 1.165) is 17.7 Å². The van der Waals surface area contributed by atoms with Crippen molar-refractivity contribution in [2.75, 3.05) is 19.7 Å². The van der Waals surface area contributed by atoms with Gasteiger partial charge in [0.1, 0.15) is 5.75 Å². The van der Waals surface area contributed by atoms with Crippen molar-refractivity contribution in [1.29, 1.82) is 0 Å². The first-order valence-electron chi connectivity index (χ1n) is 5.80. The number of benzene rings is 1. The second kappa shape index (κ2) is 8.78. The Hall–Kier alpha value is -1.26. The van der Waals surface area contributed by atoms with E-state index in [1.807, 2.05) is 32.0 Å². The molecule has 1 aromatic carbocycles. The molecule has 0 aliphatic rings. The van der Waals surface area contributed by atoms with E-state index in [0.29, 0.717) is 13.1 Å². The second-order valence-corrected chi connectivity index (χ2v) is 4.05. The minimum absolute atomic E-state index is 0. The minimum Gasteiger partial charge on any atom is -0.484 e. The maximum absolute atomic E-state index is 11.4. The molecule has 18 heavy (non-hydrogen) atoms. The SMILES string of the molecule is Cc1ccc(OCC(=O)NCCCN)c(C)c1.Cl. The van der Waals surface area contributed by atoms with Gasteiger partial charge in [0, 0.05) is 6.54 Å². The molecule has 0 unspecified atom stereocenters. The van der Waals surface area contributed by atoms with Crippen LogP contribution < -0.4 is 15.8 Å². The Balaban J connectivity index is 0.00000289. The van der Waals surface area contributed by atoms with Gasteiger partial charge in [-0.25, -0.2) is 0 Å². The topological polar surface area (TPSA) is 64.3 Å². The predicted octanol–water partition coefficient (Wildman–Crippen LogP) is 1.57. The van der Waals surface area contributed by atoms with Crippen molar-refractivity contribution in [2.24, 2.45) is 5.73 Å². The van der Waals surface area contributed by atoms with Gasteiger partial charge in [-0.15, -0.1) is 12.4 Å². The Morgan fingerprint density at radius 1 is 1.39 bits per heavy atom. The first-order valence-corrected chi connectivity index (χ1v) is 5.80. The normalized spacial score (nSPS) is 9.50. The third-order valence-corrected chi connectivity index (χ3v) is 2.39. The number of ether oxygens (including phenoxy) is 1. The van der Waals surface area contributed by atoms with Gasteiger partial charge in [-0.3, -0.25) is 4.79 Å². The summed E-state index contributed by atoms with van der Waals surface area (Å²) in [6.45, 7) is 5.23. The maximum atomic E-state index is 11.4. The Morgan fingerprint density at radius 3 is 2.72 bits per heavy atom. The minimum atomic E-state index is -0.113. The summed E-state index contributed by atoms with van der Waals surface area (Å²) in [5.74, 6) is 0.642. The zero-order valence-corrected chi connectivity index (χ0v) is 11.7. The van der Waals surface area contributed by atoms with Gasteiger partial charge in [-0.1, -0.05) is 17.7 Å². The standard InChI is InChI=1S/C13H20N2O2.ClH/c1-10-4-5-12(11(2)8-10)17-9-13(16)15-7-3-6-14;/h4-5,8H,3,6-7,9,14H2,1-2H3,(H,15,16);1H. The van der Waals surface area contributed by atoms with Gasteiger partial charge in [0.05, 0.1) is 0 Å². The van der Waals surface area contributed by atoms with Crippen LogP contribution in [0.4, 0.5) is 0 Å². The second-order valence-electron chi connectivity index (χ2n) is 4.05. The molecule has 3 N–H and O–H groups in total. The van der Waals surface area contributed by atoms with Gasteiger partial charge in [0.25, 0.3) is 5.91 Å². The third kappa shape index (κ3) is 5.89. The summed E-state index contributed by atoms with van der Waals surface area (Å²) >= 11 is 0. The highest BCUT2D eigenvalue weighted by atomic mass is 35.5. The quantitative estimate of drug-likeness (QED) is 0.773. The van der Waals surface area contributed by atoms with Crippen LogP contribution >= 0.6 is 12.4 Å². The van der Waals surface area contributed by atoms with Crippen LogP contribution in [0.25, 0.3) is 0 Å². The summed E-state index contributed by atoms with van der Waals surface area (Å²) < 4.78 is 5.44. The zero-order valence-electron chi connectivity index (χ0n) is 10.9. The predicted molar refractivity (Wildman–Crippen MR) is 75.3 cm³/mol. The first-order chi connectivity index (χ1) is 8.13. The molecule has 0 radical (unpaired) electrons. The number of rotatable bonds is 6. The summed E-state index contributed by atoms with van der Waals surface area (Å²) in [6.07, 6.45) is 0.787. The van der Waals surface area contributed by atoms with E-state index in [9.17, 15) is 4.79 Å². The number of aryl methyl sites for hydroxylation is 2. The summed E-state index contributed by atoms with van der Waals surface area (Å²) in [6, 6.07) is 5.88. The Kier molecular flexibility index (Phi) is 8.16. The number of hydrogen-bond acceptors (Lipinski definition) is 3. The van der Waals surface area contributed by atoms with Gasteiger partial charge in [-0.05, 0) is 38.4 Å². The molecule has 1 amide bonds. The molecule has 0 aliphatic heterocycles. The van der Waals surface area contributed by atoms with E-state index in [-0.39, 0.29) is 24.9 Å². The first kappa shape index (κ1) is 16.7. The van der Waals surface area contributed by atoms with Crippen molar-refractivity contribution in [2.45, 2.75) is 20.3 Å². The lowest BCUT2D eigenvalue weighted by Crippen LogP contribution is -2.30. The summed E-state index contributed by atoms with van der Waals surface area (Å²) in [7, 11) is 0. The maximum Gasteiger partial charge on any atom is 0.257 e. The average molecular weight is 273 g/mol. The van der Waals surface area contributed by atoms with Crippen LogP contribution in [0.3, 0.4) is 0 Å². The van der Waals surface area contributed by atoms with E-state index in [4.69, 9.17) is 10.5 Å². The van der Waals surface area contributed by atoms with Crippen molar-refractivity contribution in [3.63, 3.8) is 0 Å². The highest BCUT2D eigenvalue weighted by molar-refractivity contribution is 5.85. The molecule has 4 nitrogen and oxygen atoms in total. The van der Waals surface area contributed by atoms with E-state index in [1.165, 1.54) is 5.56 Å². The largest absolute Gasteiger partial charge is 0.484 e. The summed E-state index contributed by atoms with van der Waals surface area (Å²) in [5, 5.41) is 2.74. The van der Waals surface area contributed by atoms with Crippen molar-refractivity contribution in [3.8, 4) is 5.75 Å². The number of halogens is 1. The molecule has 0 heterocycles. The van der Waals surface area contributed by atoms with Crippen LogP contribution in [-0.2, 0) is 4.79 Å². The highest BCUT2D eigenvalue weighted by Gasteiger charge is 2.04. The van der Waals surface area contributed by atoms with Gasteiger partial charge in [0.15, 0.2) is 6.61 Å². The number of amides is 1. The molecule has 5 heteroatoms. The smallest absolute Gasteiger partial charge is 0.257 e. The lowest BCUT2D eigenvalue weighted by Gasteiger charge is -2.09. The number of nitrogens with one attached hydrogen (secondary N) is 1. The molecule has 102 valence electrons. The molecule has 0 atom stereocenters. The van der Waals surface area contributed by atoms with Gasteiger partial charge >= 0.3 is 0 Å². The van der Waals surface area contributed by atoms with Crippen molar-refractivity contribution in [3.05, 3.63) is 29.3 Å². The average Bonchev–Trinajstić information content (AvgIpc) is 2.28. The van der Waals surface area contributed by atoms with E-state index >= 15 is 0 Å². The molecular formula is C13H21ClN2O2. The van der Waals surface area contributed by atoms with Gasteiger partial charge < -0.3 is 15.8 Å². The number of carbonyl (C=O) groups excluding carboxylic acids is 1. The monoisotopic (exact) mass is 272 g/mol. The highest BCUT2D eigenvalue weighted by Crippen LogP contribution is 2.18. The summed E-state index contributed by atoms with van der Waals surface area (Å²) in [5.41, 5.74) is 7.56. The van der Waals surface area contributed by atoms with E-state index in [1.54, 1.807) is 0 Å². The van der Waals surface area contributed by atoms with E-state index in [2.05, 4.69) is 5.32 Å². The van der Waals surface area contributed by atoms with Crippen molar-refractivity contribution in [1.82, 2.24) is 5.32 Å². The molecule has 0 saturated carbocycles. The molecular weight excluding hydrogens is 252 g/mol. The molecule has 0 bridgehead atoms. The molecule has 0 fully saturated rings. The molecule has 0 spiro atoms. The number of carbonyl (C=O) groups is 1. The molecule has 1 aromatic rings. The lowest BCUT2D eigenvalue weighted by atomic mass is 10.1.